The van der Waals surface area contributed by atoms with E-state index in [0.29, 0.717) is 42.8 Å². The van der Waals surface area contributed by atoms with Crippen LogP contribution in [0.4, 0.5) is 0 Å². The van der Waals surface area contributed by atoms with Crippen molar-refractivity contribution in [3.05, 3.63) is 68.9 Å². The van der Waals surface area contributed by atoms with Crippen LogP contribution in [0.5, 0.6) is 11.5 Å². The number of fused-ring (bicyclic) bond motifs is 2. The van der Waals surface area contributed by atoms with Crippen molar-refractivity contribution in [1.29, 1.82) is 0 Å². The van der Waals surface area contributed by atoms with Crippen LogP contribution in [-0.4, -0.2) is 34.8 Å². The molecule has 0 unspecified atom stereocenters. The second-order valence-electron chi connectivity index (χ2n) is 7.01. The van der Waals surface area contributed by atoms with E-state index in [-0.39, 0.29) is 24.6 Å². The van der Waals surface area contributed by atoms with Crippen molar-refractivity contribution in [2.75, 3.05) is 19.8 Å². The van der Waals surface area contributed by atoms with Gasteiger partial charge in [0.25, 0.3) is 5.56 Å². The van der Waals surface area contributed by atoms with Crippen LogP contribution in [-0.2, 0) is 24.3 Å². The molecule has 0 radical (unpaired) electrons. The topological polar surface area (TPSA) is 91.6 Å². The summed E-state index contributed by atoms with van der Waals surface area (Å²) >= 11 is 0. The molecule has 1 aliphatic heterocycles. The number of carbonyl (C=O) groups excluding carboxylic acids is 1. The summed E-state index contributed by atoms with van der Waals surface area (Å²) in [6.07, 6.45) is 0.618. The number of carbonyl (C=O) groups is 1. The van der Waals surface area contributed by atoms with E-state index in [0.717, 1.165) is 15.9 Å². The first-order valence-corrected chi connectivity index (χ1v) is 9.96. The molecule has 2 aromatic carbocycles. The van der Waals surface area contributed by atoms with E-state index in [1.54, 1.807) is 31.2 Å². The van der Waals surface area contributed by atoms with Gasteiger partial charge >= 0.3 is 5.69 Å². The van der Waals surface area contributed by atoms with Crippen molar-refractivity contribution in [1.82, 2.24) is 14.5 Å². The van der Waals surface area contributed by atoms with Gasteiger partial charge in [0, 0.05) is 13.1 Å². The summed E-state index contributed by atoms with van der Waals surface area (Å²) < 4.78 is 13.6. The lowest BCUT2D eigenvalue weighted by Crippen LogP contribution is -2.42. The lowest BCUT2D eigenvalue weighted by molar-refractivity contribution is -0.121. The smallest absolute Gasteiger partial charge is 0.331 e. The fourth-order valence-electron chi connectivity index (χ4n) is 3.59. The van der Waals surface area contributed by atoms with E-state index in [2.05, 4.69) is 5.32 Å². The second kappa shape index (κ2) is 8.44. The molecule has 1 aromatic heterocycles. The molecule has 8 nitrogen and oxygen atoms in total. The van der Waals surface area contributed by atoms with Gasteiger partial charge in [0.15, 0.2) is 11.5 Å². The Balaban J connectivity index is 1.46. The highest BCUT2D eigenvalue weighted by atomic mass is 16.6. The number of aromatic nitrogens is 2. The summed E-state index contributed by atoms with van der Waals surface area (Å²) in [5, 5.41) is 3.27. The molecule has 1 aliphatic rings. The van der Waals surface area contributed by atoms with Crippen LogP contribution >= 0.6 is 0 Å². The number of amides is 1. The van der Waals surface area contributed by atoms with Crippen LogP contribution in [0.25, 0.3) is 10.9 Å². The van der Waals surface area contributed by atoms with E-state index < -0.39 is 5.69 Å². The van der Waals surface area contributed by atoms with Gasteiger partial charge in [-0.1, -0.05) is 18.2 Å². The lowest BCUT2D eigenvalue weighted by atomic mass is 10.1. The number of hydrogen-bond donors (Lipinski definition) is 1. The van der Waals surface area contributed by atoms with E-state index in [9.17, 15) is 14.4 Å². The van der Waals surface area contributed by atoms with Crippen LogP contribution in [0.1, 0.15) is 12.5 Å². The van der Waals surface area contributed by atoms with Gasteiger partial charge in [0.05, 0.1) is 10.9 Å². The van der Waals surface area contributed by atoms with Crippen molar-refractivity contribution >= 4 is 16.8 Å². The third-order valence-corrected chi connectivity index (χ3v) is 5.09. The Bertz CT molecular complexity index is 1210. The summed E-state index contributed by atoms with van der Waals surface area (Å²) in [4.78, 5) is 37.7. The van der Waals surface area contributed by atoms with E-state index in [4.69, 9.17) is 9.47 Å². The Morgan fingerprint density at radius 3 is 2.60 bits per heavy atom. The van der Waals surface area contributed by atoms with Gasteiger partial charge in [-0.3, -0.25) is 18.7 Å². The number of benzene rings is 2. The number of ether oxygens (including phenoxy) is 2. The van der Waals surface area contributed by atoms with Gasteiger partial charge in [-0.25, -0.2) is 4.79 Å². The minimum Gasteiger partial charge on any atom is -0.486 e. The zero-order chi connectivity index (χ0) is 21.1. The number of nitrogens with zero attached hydrogens (tertiary/aromatic N) is 2. The van der Waals surface area contributed by atoms with Gasteiger partial charge in [0.1, 0.15) is 19.8 Å². The molecule has 30 heavy (non-hydrogen) atoms. The molecule has 156 valence electrons. The maximum atomic E-state index is 12.7. The Kier molecular flexibility index (Phi) is 5.56. The summed E-state index contributed by atoms with van der Waals surface area (Å²) in [5.41, 5.74) is 0.650. The van der Waals surface area contributed by atoms with Crippen molar-refractivity contribution in [3.63, 3.8) is 0 Å². The summed E-state index contributed by atoms with van der Waals surface area (Å²) in [6.45, 7) is 3.31. The highest BCUT2D eigenvalue weighted by Crippen LogP contribution is 2.30. The Labute approximate surface area is 172 Å². The highest BCUT2D eigenvalue weighted by Gasteiger charge is 2.15. The van der Waals surface area contributed by atoms with Gasteiger partial charge in [0.2, 0.25) is 5.91 Å². The molecule has 4 rings (SSSR count). The Hall–Kier alpha value is -3.55. The number of nitrogens with one attached hydrogen (secondary N) is 1. The lowest BCUT2D eigenvalue weighted by Gasteiger charge is -2.19. The zero-order valence-electron chi connectivity index (χ0n) is 16.7. The Morgan fingerprint density at radius 1 is 1.03 bits per heavy atom. The van der Waals surface area contributed by atoms with Gasteiger partial charge in [-0.05, 0) is 43.2 Å². The van der Waals surface area contributed by atoms with Crippen molar-refractivity contribution in [2.45, 2.75) is 26.4 Å². The third-order valence-electron chi connectivity index (χ3n) is 5.09. The van der Waals surface area contributed by atoms with Crippen LogP contribution in [0.2, 0.25) is 0 Å². The maximum absolute atomic E-state index is 12.7. The van der Waals surface area contributed by atoms with E-state index in [1.807, 2.05) is 18.2 Å². The number of hydrogen-bond acceptors (Lipinski definition) is 5. The van der Waals surface area contributed by atoms with E-state index in [1.165, 1.54) is 4.57 Å². The first kappa shape index (κ1) is 19.8. The van der Waals surface area contributed by atoms with Gasteiger partial charge < -0.3 is 14.8 Å². The van der Waals surface area contributed by atoms with Gasteiger partial charge in [-0.15, -0.1) is 0 Å². The predicted molar refractivity (Wildman–Crippen MR) is 112 cm³/mol. The third kappa shape index (κ3) is 3.80. The molecular weight excluding hydrogens is 386 g/mol. The summed E-state index contributed by atoms with van der Waals surface area (Å²) in [5.74, 6) is 1.15. The molecule has 0 spiro atoms. The standard InChI is InChI=1S/C22H23N3O5/c1-2-24-21(27)16-5-3-4-6-17(16)25(22(24)28)14-20(26)23-10-9-15-7-8-18-19(13-15)30-12-11-29-18/h3-8,13H,2,9-12,14H2,1H3,(H,23,26). The fraction of sp³-hybridized carbons (Fsp3) is 0.318. The molecule has 2 heterocycles. The molecule has 8 heteroatoms. The predicted octanol–water partition coefficient (Wildman–Crippen LogP) is 1.31. The average Bonchev–Trinajstić information content (AvgIpc) is 2.77. The molecule has 0 bridgehead atoms. The first-order chi connectivity index (χ1) is 14.6. The fourth-order valence-corrected chi connectivity index (χ4v) is 3.59. The minimum atomic E-state index is -0.483. The average molecular weight is 409 g/mol. The number of para-hydroxylation sites is 1. The summed E-state index contributed by atoms with van der Waals surface area (Å²) in [7, 11) is 0. The molecule has 0 atom stereocenters. The molecule has 1 amide bonds. The molecule has 1 N–H and O–H groups in total. The van der Waals surface area contributed by atoms with Crippen LogP contribution < -0.4 is 26.0 Å². The minimum absolute atomic E-state index is 0.152. The van der Waals surface area contributed by atoms with Crippen LogP contribution in [0.15, 0.2) is 52.1 Å². The molecule has 0 aliphatic carbocycles. The monoisotopic (exact) mass is 409 g/mol. The van der Waals surface area contributed by atoms with Crippen molar-refractivity contribution < 1.29 is 14.3 Å². The maximum Gasteiger partial charge on any atom is 0.331 e. The molecular formula is C22H23N3O5. The van der Waals surface area contributed by atoms with Crippen LogP contribution in [0, 0.1) is 0 Å². The first-order valence-electron chi connectivity index (χ1n) is 9.96. The molecule has 0 saturated carbocycles. The largest absolute Gasteiger partial charge is 0.486 e. The quantitative estimate of drug-likeness (QED) is 0.663. The second-order valence-corrected chi connectivity index (χ2v) is 7.01. The molecule has 0 fully saturated rings. The van der Waals surface area contributed by atoms with Crippen molar-refractivity contribution in [2.24, 2.45) is 0 Å². The SMILES string of the molecule is CCn1c(=O)c2ccccc2n(CC(=O)NCCc2ccc3c(c2)OCCO3)c1=O. The summed E-state index contributed by atoms with van der Waals surface area (Å²) in [6, 6.07) is 12.6. The Morgan fingerprint density at radius 2 is 1.80 bits per heavy atom. The number of rotatable bonds is 6. The molecule has 0 saturated heterocycles. The van der Waals surface area contributed by atoms with Crippen LogP contribution in [0.3, 0.4) is 0 Å². The molecule has 3 aromatic rings. The highest BCUT2D eigenvalue weighted by molar-refractivity contribution is 5.81. The van der Waals surface area contributed by atoms with Gasteiger partial charge in [-0.2, -0.15) is 0 Å². The van der Waals surface area contributed by atoms with E-state index >= 15 is 0 Å². The normalized spacial score (nSPS) is 12.7. The van der Waals surface area contributed by atoms with Crippen molar-refractivity contribution in [3.8, 4) is 11.5 Å². The zero-order valence-corrected chi connectivity index (χ0v) is 16.7.